The standard InChI is InChI=1S/C24H28N6O5/c1-3-4-5-6-10-13-21(23-17(2)27-28(24(23)31)18-11-8-7-9-12-18)26-25-20-15-14-19(29(32)33)16-22(20)30(34)35/h7-9,11-12,14-16,23,25H,3-6,10,13H2,1-2H3/b26-21-/t23-/m1/s1. The van der Waals surface area contributed by atoms with E-state index < -0.39 is 27.1 Å². The summed E-state index contributed by atoms with van der Waals surface area (Å²) in [5.41, 5.74) is 3.55. The fraction of sp³-hybridized carbons (Fsp3) is 0.375. The number of carbonyl (C=O) groups excluding carboxylic acids is 1. The number of nitro groups is 2. The Hall–Kier alpha value is -4.15. The van der Waals surface area contributed by atoms with Gasteiger partial charge in [0.15, 0.2) is 0 Å². The zero-order valence-electron chi connectivity index (χ0n) is 19.7. The SMILES string of the molecule is CCCCCCC/C(=N/Nc1ccc([N+](=O)[O-])cc1[N+](=O)[O-])[C@@H]1C(=O)N(c2ccccc2)N=C1C. The van der Waals surface area contributed by atoms with Gasteiger partial charge in [0.25, 0.3) is 11.6 Å². The minimum Gasteiger partial charge on any atom is -0.272 e. The van der Waals surface area contributed by atoms with Crippen LogP contribution < -0.4 is 10.4 Å². The topological polar surface area (TPSA) is 143 Å². The van der Waals surface area contributed by atoms with Gasteiger partial charge in [-0.15, -0.1) is 0 Å². The molecule has 1 aliphatic heterocycles. The second-order valence-corrected chi connectivity index (χ2v) is 8.25. The summed E-state index contributed by atoms with van der Waals surface area (Å²) in [4.78, 5) is 34.4. The number of nitro benzene ring substituents is 2. The van der Waals surface area contributed by atoms with Gasteiger partial charge >= 0.3 is 5.69 Å². The van der Waals surface area contributed by atoms with E-state index in [1.807, 2.05) is 18.2 Å². The summed E-state index contributed by atoms with van der Waals surface area (Å²) in [5.74, 6) is -0.952. The van der Waals surface area contributed by atoms with Crippen LogP contribution in [0.2, 0.25) is 0 Å². The fourth-order valence-corrected chi connectivity index (χ4v) is 3.89. The normalized spacial score (nSPS) is 15.8. The predicted molar refractivity (Wildman–Crippen MR) is 135 cm³/mol. The van der Waals surface area contributed by atoms with Crippen molar-refractivity contribution in [2.45, 2.75) is 52.4 Å². The first-order valence-electron chi connectivity index (χ1n) is 11.5. The van der Waals surface area contributed by atoms with Gasteiger partial charge in [0.1, 0.15) is 11.6 Å². The van der Waals surface area contributed by atoms with Gasteiger partial charge in [-0.1, -0.05) is 50.8 Å². The maximum atomic E-state index is 13.3. The maximum absolute atomic E-state index is 13.3. The highest BCUT2D eigenvalue weighted by atomic mass is 16.6. The number of carbonyl (C=O) groups is 1. The lowest BCUT2D eigenvalue weighted by atomic mass is 9.93. The summed E-state index contributed by atoms with van der Waals surface area (Å²) in [6.07, 6.45) is 5.54. The van der Waals surface area contributed by atoms with Crippen LogP contribution in [0.1, 0.15) is 52.4 Å². The Morgan fingerprint density at radius 3 is 2.43 bits per heavy atom. The van der Waals surface area contributed by atoms with Gasteiger partial charge in [0, 0.05) is 6.07 Å². The van der Waals surface area contributed by atoms with E-state index in [1.54, 1.807) is 19.1 Å². The lowest BCUT2D eigenvalue weighted by molar-refractivity contribution is -0.393. The zero-order chi connectivity index (χ0) is 25.4. The molecule has 0 aromatic heterocycles. The highest BCUT2D eigenvalue weighted by molar-refractivity contribution is 6.28. The van der Waals surface area contributed by atoms with Crippen molar-refractivity contribution in [1.29, 1.82) is 0 Å². The smallest absolute Gasteiger partial charge is 0.272 e. The number of unbranched alkanes of at least 4 members (excludes halogenated alkanes) is 4. The third-order valence-corrected chi connectivity index (χ3v) is 5.71. The highest BCUT2D eigenvalue weighted by Gasteiger charge is 2.38. The molecule has 0 radical (unpaired) electrons. The average molecular weight is 481 g/mol. The first kappa shape index (κ1) is 25.5. The van der Waals surface area contributed by atoms with E-state index >= 15 is 0 Å². The van der Waals surface area contributed by atoms with E-state index in [4.69, 9.17) is 0 Å². The van der Waals surface area contributed by atoms with Crippen LogP contribution in [-0.4, -0.2) is 27.2 Å². The molecule has 1 N–H and O–H groups in total. The van der Waals surface area contributed by atoms with E-state index in [9.17, 15) is 25.0 Å². The Labute approximate surface area is 202 Å². The minimum absolute atomic E-state index is 0.00374. The molecule has 0 fully saturated rings. The van der Waals surface area contributed by atoms with Crippen molar-refractivity contribution in [3.63, 3.8) is 0 Å². The van der Waals surface area contributed by atoms with Crippen LogP contribution in [0.15, 0.2) is 58.7 Å². The number of amides is 1. The van der Waals surface area contributed by atoms with Crippen LogP contribution in [0.3, 0.4) is 0 Å². The molecule has 1 amide bonds. The largest absolute Gasteiger partial charge is 0.301 e. The van der Waals surface area contributed by atoms with Crippen molar-refractivity contribution in [1.82, 2.24) is 0 Å². The van der Waals surface area contributed by atoms with Crippen LogP contribution in [-0.2, 0) is 4.79 Å². The molecule has 2 aromatic rings. The van der Waals surface area contributed by atoms with Gasteiger partial charge < -0.3 is 0 Å². The van der Waals surface area contributed by atoms with Crippen molar-refractivity contribution in [3.8, 4) is 0 Å². The number of rotatable bonds is 12. The number of nitrogens with zero attached hydrogens (tertiary/aromatic N) is 5. The van der Waals surface area contributed by atoms with Crippen LogP contribution in [0.5, 0.6) is 0 Å². The lowest BCUT2D eigenvalue weighted by Crippen LogP contribution is -2.33. The molecule has 0 saturated carbocycles. The first-order chi connectivity index (χ1) is 16.8. The Morgan fingerprint density at radius 2 is 1.77 bits per heavy atom. The summed E-state index contributed by atoms with van der Waals surface area (Å²) in [6, 6.07) is 12.4. The molecule has 0 spiro atoms. The quantitative estimate of drug-likeness (QED) is 0.179. The van der Waals surface area contributed by atoms with Gasteiger partial charge in [-0.3, -0.25) is 30.4 Å². The van der Waals surface area contributed by atoms with Crippen molar-refractivity contribution < 1.29 is 14.6 Å². The summed E-state index contributed by atoms with van der Waals surface area (Å²) in [5, 5.41) is 32.7. The molecule has 1 heterocycles. The monoisotopic (exact) mass is 480 g/mol. The molecule has 3 rings (SSSR count). The van der Waals surface area contributed by atoms with Gasteiger partial charge in [0.05, 0.1) is 33.0 Å². The summed E-state index contributed by atoms with van der Waals surface area (Å²) in [7, 11) is 0. The molecule has 1 atom stereocenters. The first-order valence-corrected chi connectivity index (χ1v) is 11.5. The second kappa shape index (κ2) is 11.8. The van der Waals surface area contributed by atoms with Crippen LogP contribution in [0.25, 0.3) is 0 Å². The van der Waals surface area contributed by atoms with E-state index in [1.165, 1.54) is 17.1 Å². The Morgan fingerprint density at radius 1 is 1.06 bits per heavy atom. The summed E-state index contributed by atoms with van der Waals surface area (Å²) < 4.78 is 0. The molecule has 35 heavy (non-hydrogen) atoms. The molecule has 0 aliphatic carbocycles. The number of non-ortho nitro benzene ring substituents is 1. The Bertz CT molecular complexity index is 1150. The summed E-state index contributed by atoms with van der Waals surface area (Å²) >= 11 is 0. The maximum Gasteiger partial charge on any atom is 0.301 e. The van der Waals surface area contributed by atoms with Gasteiger partial charge in [0.2, 0.25) is 0 Å². The molecule has 11 nitrogen and oxygen atoms in total. The van der Waals surface area contributed by atoms with E-state index in [0.717, 1.165) is 38.2 Å². The van der Waals surface area contributed by atoms with E-state index in [2.05, 4.69) is 22.6 Å². The predicted octanol–water partition coefficient (Wildman–Crippen LogP) is 5.67. The van der Waals surface area contributed by atoms with Crippen LogP contribution in [0.4, 0.5) is 22.7 Å². The molecule has 0 unspecified atom stereocenters. The van der Waals surface area contributed by atoms with Crippen LogP contribution in [0, 0.1) is 26.1 Å². The van der Waals surface area contributed by atoms with Crippen molar-refractivity contribution >= 4 is 40.1 Å². The molecular weight excluding hydrogens is 452 g/mol. The minimum atomic E-state index is -0.708. The number of nitrogens with one attached hydrogen (secondary N) is 1. The highest BCUT2D eigenvalue weighted by Crippen LogP contribution is 2.30. The molecule has 2 aromatic carbocycles. The molecule has 184 valence electrons. The molecule has 11 heteroatoms. The van der Waals surface area contributed by atoms with Crippen LogP contribution >= 0.6 is 0 Å². The van der Waals surface area contributed by atoms with Gasteiger partial charge in [-0.2, -0.15) is 15.2 Å². The third-order valence-electron chi connectivity index (χ3n) is 5.71. The van der Waals surface area contributed by atoms with Crippen molar-refractivity contribution in [3.05, 3.63) is 68.8 Å². The number of hydrazone groups is 2. The van der Waals surface area contributed by atoms with Crippen molar-refractivity contribution in [2.75, 3.05) is 10.4 Å². The number of anilines is 2. The Kier molecular flexibility index (Phi) is 8.60. The zero-order valence-corrected chi connectivity index (χ0v) is 19.7. The van der Waals surface area contributed by atoms with Gasteiger partial charge in [-0.05, 0) is 38.0 Å². The van der Waals surface area contributed by atoms with Gasteiger partial charge in [-0.25, -0.2) is 0 Å². The van der Waals surface area contributed by atoms with E-state index in [0.29, 0.717) is 23.5 Å². The fourth-order valence-electron chi connectivity index (χ4n) is 3.89. The second-order valence-electron chi connectivity index (χ2n) is 8.25. The Balaban J connectivity index is 1.89. The van der Waals surface area contributed by atoms with E-state index in [-0.39, 0.29) is 11.6 Å². The molecule has 1 aliphatic rings. The number of para-hydroxylation sites is 1. The number of benzene rings is 2. The third kappa shape index (κ3) is 6.25. The van der Waals surface area contributed by atoms with Crippen molar-refractivity contribution in [2.24, 2.45) is 16.1 Å². The number of hydrogen-bond acceptors (Lipinski definition) is 8. The average Bonchev–Trinajstić information content (AvgIpc) is 3.15. The molecule has 0 bridgehead atoms. The number of hydrogen-bond donors (Lipinski definition) is 1. The molecule has 0 saturated heterocycles. The lowest BCUT2D eigenvalue weighted by Gasteiger charge is -2.16. The molecular formula is C24H28N6O5. The summed E-state index contributed by atoms with van der Waals surface area (Å²) in [6.45, 7) is 3.88.